The van der Waals surface area contributed by atoms with Crippen molar-refractivity contribution >= 4 is 8.19 Å². The molecule has 0 atom stereocenters. The van der Waals surface area contributed by atoms with Gasteiger partial charge in [-0.05, 0) is 11.9 Å². The van der Waals surface area contributed by atoms with Gasteiger partial charge in [0.05, 0.1) is 0 Å². The molecule has 2 heteroatoms. The molecule has 0 spiro atoms. The smallest absolute Gasteiger partial charge is 0.183 e. The van der Waals surface area contributed by atoms with Gasteiger partial charge in [-0.25, -0.2) is 0 Å². The minimum atomic E-state index is 0.0941. The van der Waals surface area contributed by atoms with Crippen LogP contribution in [0.2, 0.25) is 0 Å². The van der Waals surface area contributed by atoms with Gasteiger partial charge in [-0.1, -0.05) is 20.3 Å². The SMILES string of the molecule is O=c1ccccpc1. The summed E-state index contributed by atoms with van der Waals surface area (Å²) in [7, 11) is 0.982. The van der Waals surface area contributed by atoms with E-state index in [1.165, 1.54) is 0 Å². The first-order chi connectivity index (χ1) is 3.89. The second kappa shape index (κ2) is 2.58. The molecule has 0 amide bonds. The lowest BCUT2D eigenvalue weighted by Gasteiger charge is -1.55. The highest BCUT2D eigenvalue weighted by Gasteiger charge is 1.70. The number of hydrogen-bond donors (Lipinski definition) is 0. The lowest BCUT2D eigenvalue weighted by molar-refractivity contribution is 1.71. The monoisotopic (exact) mass is 124 g/mol. The van der Waals surface area contributed by atoms with Gasteiger partial charge in [-0.3, -0.25) is 4.79 Å². The molecule has 0 saturated carbocycles. The molecule has 40 valence electrons. The molecule has 0 aliphatic heterocycles. The molecule has 0 saturated heterocycles. The highest BCUT2D eigenvalue weighted by molar-refractivity contribution is 7.28. The second-order valence-electron chi connectivity index (χ2n) is 1.38. The van der Waals surface area contributed by atoms with E-state index in [1.807, 2.05) is 11.9 Å². The summed E-state index contributed by atoms with van der Waals surface area (Å²) in [6.45, 7) is 0. The fourth-order valence-electron chi connectivity index (χ4n) is 0.409. The van der Waals surface area contributed by atoms with E-state index < -0.39 is 0 Å². The minimum Gasteiger partial charge on any atom is -0.290 e. The Bertz CT molecular complexity index is 199. The normalized spacial score (nSPS) is 9.50. The maximum absolute atomic E-state index is 10.5. The van der Waals surface area contributed by atoms with Crippen molar-refractivity contribution in [1.29, 1.82) is 0 Å². The molecule has 0 bridgehead atoms. The van der Waals surface area contributed by atoms with Crippen LogP contribution in [0.15, 0.2) is 34.6 Å². The Kier molecular flexibility index (Phi) is 1.76. The van der Waals surface area contributed by atoms with Crippen molar-refractivity contribution in [3.63, 3.8) is 0 Å². The molecule has 1 nitrogen and oxygen atoms in total. The van der Waals surface area contributed by atoms with Crippen molar-refractivity contribution in [2.24, 2.45) is 0 Å². The third-order valence-electron chi connectivity index (χ3n) is 0.746. The highest BCUT2D eigenvalue weighted by Crippen LogP contribution is 1.92. The van der Waals surface area contributed by atoms with E-state index in [0.717, 1.165) is 8.19 Å². The third-order valence-corrected chi connectivity index (χ3v) is 1.49. The number of hydrogen-bond acceptors (Lipinski definition) is 1. The van der Waals surface area contributed by atoms with Crippen LogP contribution < -0.4 is 5.43 Å². The Morgan fingerprint density at radius 2 is 2.25 bits per heavy atom. The molecule has 0 radical (unpaired) electrons. The van der Waals surface area contributed by atoms with Gasteiger partial charge in [0, 0.05) is 5.80 Å². The molecular weight excluding hydrogens is 119 g/mol. The summed E-state index contributed by atoms with van der Waals surface area (Å²) < 4.78 is 0. The van der Waals surface area contributed by atoms with Crippen LogP contribution in [0.5, 0.6) is 0 Å². The first-order valence-corrected chi connectivity index (χ1v) is 3.33. The first-order valence-electron chi connectivity index (χ1n) is 2.30. The highest BCUT2D eigenvalue weighted by atomic mass is 31.0. The summed E-state index contributed by atoms with van der Waals surface area (Å²) in [4.78, 5) is 10.5. The topological polar surface area (TPSA) is 17.1 Å². The summed E-state index contributed by atoms with van der Waals surface area (Å²) in [6, 6.07) is 5.16. The van der Waals surface area contributed by atoms with E-state index >= 15 is 0 Å². The Hall–Kier alpha value is -0.680. The lowest BCUT2D eigenvalue weighted by Crippen LogP contribution is -1.85. The Labute approximate surface area is 49.1 Å². The van der Waals surface area contributed by atoms with Gasteiger partial charge < -0.3 is 0 Å². The zero-order valence-corrected chi connectivity index (χ0v) is 5.14. The van der Waals surface area contributed by atoms with Crippen LogP contribution >= 0.6 is 8.19 Å². The molecule has 8 heavy (non-hydrogen) atoms. The van der Waals surface area contributed by atoms with Gasteiger partial charge in [0.1, 0.15) is 0 Å². The van der Waals surface area contributed by atoms with Crippen LogP contribution in [0.1, 0.15) is 0 Å². The van der Waals surface area contributed by atoms with Crippen LogP contribution in [-0.4, -0.2) is 0 Å². The average molecular weight is 124 g/mol. The summed E-state index contributed by atoms with van der Waals surface area (Å²) in [5.74, 6) is 3.54. The van der Waals surface area contributed by atoms with Crippen molar-refractivity contribution < 1.29 is 0 Å². The van der Waals surface area contributed by atoms with E-state index in [2.05, 4.69) is 0 Å². The molecule has 0 N–H and O–H groups in total. The maximum atomic E-state index is 10.5. The zero-order chi connectivity index (χ0) is 5.82. The molecule has 0 aliphatic rings. The summed E-state index contributed by atoms with van der Waals surface area (Å²) in [5, 5.41) is 0. The van der Waals surface area contributed by atoms with E-state index in [9.17, 15) is 4.79 Å². The maximum Gasteiger partial charge on any atom is 0.183 e. The Balaban J connectivity index is 3.32. The third kappa shape index (κ3) is 1.43. The van der Waals surface area contributed by atoms with Gasteiger partial charge in [0.2, 0.25) is 0 Å². The molecule has 1 aromatic heterocycles. The fraction of sp³-hybridized carbons (Fsp3) is 0. The van der Waals surface area contributed by atoms with Crippen molar-refractivity contribution in [2.45, 2.75) is 0 Å². The van der Waals surface area contributed by atoms with E-state index in [4.69, 9.17) is 0 Å². The summed E-state index contributed by atoms with van der Waals surface area (Å²) in [5.41, 5.74) is 0.0941. The molecule has 0 aromatic carbocycles. The Morgan fingerprint density at radius 3 is 3.12 bits per heavy atom. The molecule has 0 unspecified atom stereocenters. The average Bonchev–Trinajstić information content (AvgIpc) is 1.94. The Morgan fingerprint density at radius 1 is 1.38 bits per heavy atom. The van der Waals surface area contributed by atoms with Crippen LogP contribution in [-0.2, 0) is 0 Å². The number of rotatable bonds is 0. The molecule has 1 rings (SSSR count). The van der Waals surface area contributed by atoms with Crippen molar-refractivity contribution in [2.75, 3.05) is 0 Å². The second-order valence-corrected chi connectivity index (χ2v) is 2.24. The van der Waals surface area contributed by atoms with E-state index in [1.54, 1.807) is 17.9 Å². The standard InChI is InChI=1S/C6H5OP/c7-6-3-1-2-4-8-5-6/h1-5H. The largest absolute Gasteiger partial charge is 0.290 e. The minimum absolute atomic E-state index is 0.0941. The van der Waals surface area contributed by atoms with Crippen LogP contribution in [0.4, 0.5) is 0 Å². The lowest BCUT2D eigenvalue weighted by atomic mass is 10.5. The molecule has 0 aliphatic carbocycles. The predicted molar refractivity (Wildman–Crippen MR) is 35.2 cm³/mol. The molecule has 1 heterocycles. The molecule has 1 aromatic rings. The molecular formula is C6H5OP. The first kappa shape index (κ1) is 5.46. The quantitative estimate of drug-likeness (QED) is 0.513. The van der Waals surface area contributed by atoms with Gasteiger partial charge in [-0.15, -0.1) is 0 Å². The summed E-state index contributed by atoms with van der Waals surface area (Å²) in [6.07, 6.45) is 0. The van der Waals surface area contributed by atoms with Crippen molar-refractivity contribution in [3.05, 3.63) is 40.0 Å². The zero-order valence-electron chi connectivity index (χ0n) is 4.24. The molecule has 0 fully saturated rings. The van der Waals surface area contributed by atoms with Gasteiger partial charge in [-0.2, -0.15) is 0 Å². The summed E-state index contributed by atoms with van der Waals surface area (Å²) >= 11 is 0. The van der Waals surface area contributed by atoms with Gasteiger partial charge in [0.25, 0.3) is 0 Å². The van der Waals surface area contributed by atoms with Gasteiger partial charge in [0.15, 0.2) is 5.43 Å². The van der Waals surface area contributed by atoms with Crippen LogP contribution in [0.25, 0.3) is 0 Å². The van der Waals surface area contributed by atoms with Crippen LogP contribution in [0.3, 0.4) is 0 Å². The van der Waals surface area contributed by atoms with E-state index in [0.29, 0.717) is 0 Å². The van der Waals surface area contributed by atoms with E-state index in [-0.39, 0.29) is 5.43 Å². The van der Waals surface area contributed by atoms with Crippen LogP contribution in [0, 0.1) is 0 Å². The van der Waals surface area contributed by atoms with Crippen molar-refractivity contribution in [1.82, 2.24) is 0 Å². The van der Waals surface area contributed by atoms with Gasteiger partial charge >= 0.3 is 0 Å². The fourth-order valence-corrected chi connectivity index (χ4v) is 0.927. The predicted octanol–water partition coefficient (Wildman–Crippen LogP) is 1.63. The van der Waals surface area contributed by atoms with Crippen molar-refractivity contribution in [3.8, 4) is 0 Å².